The van der Waals surface area contributed by atoms with Gasteiger partial charge in [0.2, 0.25) is 5.79 Å². The van der Waals surface area contributed by atoms with Gasteiger partial charge in [0.05, 0.1) is 34.3 Å². The van der Waals surface area contributed by atoms with E-state index < -0.39 is 23.6 Å². The molecule has 6 aliphatic heterocycles. The SMILES string of the molecule is O=C(Nc1cccc(C(F)(F)F)c1)N1CCC2(C1)NCCc1c2[nH]c2ccccc12.O=C(Nc1ccccc1)N1CCC2(CC1)NCCc1c2[nH]c2ccccc12.O=C(c1cnc2ccccc2c1)N1CCC2(CC1)OCc1ccccc1O2. The highest BCUT2D eigenvalue weighted by molar-refractivity contribution is 5.97. The summed E-state index contributed by atoms with van der Waals surface area (Å²) in [5.74, 6) is 0.286. The Morgan fingerprint density at radius 2 is 1.14 bits per heavy atom. The first kappa shape index (κ1) is 54.5. The number of carbonyl (C=O) groups is 3. The van der Waals surface area contributed by atoms with Crippen molar-refractivity contribution in [2.45, 2.75) is 74.6 Å². The van der Waals surface area contributed by atoms with Crippen molar-refractivity contribution >= 4 is 62.1 Å². The number of hydrogen-bond acceptors (Lipinski definition) is 8. The Labute approximate surface area is 483 Å². The number of anilines is 2. The molecule has 0 aliphatic carbocycles. The van der Waals surface area contributed by atoms with Crippen molar-refractivity contribution in [3.63, 3.8) is 0 Å². The van der Waals surface area contributed by atoms with Gasteiger partial charge in [-0.1, -0.05) is 97.1 Å². The van der Waals surface area contributed by atoms with Crippen LogP contribution in [-0.2, 0) is 41.4 Å². The molecule has 15 nitrogen and oxygen atoms in total. The van der Waals surface area contributed by atoms with Gasteiger partial charge in [-0.2, -0.15) is 13.2 Å². The van der Waals surface area contributed by atoms with Gasteiger partial charge in [0, 0.05) is 127 Å². The van der Waals surface area contributed by atoms with Crippen LogP contribution in [0.1, 0.15) is 76.1 Å². The number of rotatable bonds is 3. The normalized spacial score (nSPS) is 19.3. The van der Waals surface area contributed by atoms with Crippen LogP contribution in [-0.4, -0.2) is 106 Å². The number of fused-ring (bicyclic) bond motifs is 10. The molecule has 0 radical (unpaired) electrons. The number of pyridine rings is 1. The van der Waals surface area contributed by atoms with Gasteiger partial charge >= 0.3 is 18.2 Å². The predicted octanol–water partition coefficient (Wildman–Crippen LogP) is 12.1. The molecule has 0 saturated carbocycles. The average molecular weight is 1140 g/mol. The standard InChI is InChI=1S/C22H21F3N4O.C22H24N4O.C22H20N2O3/c23-22(24,25)14-4-3-5-15(12-14)27-20(30)29-11-9-21(13-29)19-17(8-10-26-21)16-6-1-2-7-18(16)28-19;27-21(24-16-6-2-1-3-7-16)26-14-11-22(12-15-26)20-18(10-13-23-22)17-8-4-5-9-19(17)25-20;25-21(18-13-16-5-1-3-7-19(16)23-14-18)24-11-9-22(10-12-24)26-15-17-6-2-4-8-20(17)27-22/h1-7,12,26,28H,8-11,13H2,(H,27,30);1-9,23,25H,10-15H2,(H,24,27);1-8,13-14H,9-12,15H2. The highest BCUT2D eigenvalue weighted by Crippen LogP contribution is 2.43. The van der Waals surface area contributed by atoms with E-state index in [1.54, 1.807) is 11.1 Å². The van der Waals surface area contributed by atoms with Crippen molar-refractivity contribution in [2.24, 2.45) is 0 Å². The number of benzene rings is 6. The quantitative estimate of drug-likeness (QED) is 0.101. The van der Waals surface area contributed by atoms with E-state index >= 15 is 0 Å². The number of piperidine rings is 2. The largest absolute Gasteiger partial charge is 0.462 e. The number of halogens is 3. The number of nitrogens with zero attached hydrogens (tertiary/aromatic N) is 4. The number of nitrogens with one attached hydrogen (secondary N) is 6. The van der Waals surface area contributed by atoms with Gasteiger partial charge in [0.25, 0.3) is 5.91 Å². The van der Waals surface area contributed by atoms with Crippen molar-refractivity contribution in [3.05, 3.63) is 203 Å². The summed E-state index contributed by atoms with van der Waals surface area (Å²) < 4.78 is 51.0. The minimum absolute atomic E-state index is 0.0104. The number of ether oxygens (including phenoxy) is 2. The summed E-state index contributed by atoms with van der Waals surface area (Å²) in [5.41, 5.74) is 9.86. The van der Waals surface area contributed by atoms with Crippen LogP contribution < -0.4 is 26.0 Å². The molecule has 3 spiro atoms. The Balaban J connectivity index is 0.000000118. The zero-order chi connectivity index (χ0) is 57.5. The number of urea groups is 2. The van der Waals surface area contributed by atoms with Crippen molar-refractivity contribution in [2.75, 3.05) is 63.0 Å². The second-order valence-electron chi connectivity index (χ2n) is 22.6. The lowest BCUT2D eigenvalue weighted by Crippen LogP contribution is -2.55. The molecule has 6 N–H and O–H groups in total. The molecule has 9 heterocycles. The minimum atomic E-state index is -4.45. The highest BCUT2D eigenvalue weighted by atomic mass is 19.4. The monoisotopic (exact) mass is 1130 g/mol. The first-order chi connectivity index (χ1) is 40.8. The molecule has 15 rings (SSSR count). The fourth-order valence-electron chi connectivity index (χ4n) is 13.1. The summed E-state index contributed by atoms with van der Waals surface area (Å²) in [6.07, 6.45) is 3.10. The van der Waals surface area contributed by atoms with Crippen LogP contribution in [0.5, 0.6) is 5.75 Å². The lowest BCUT2D eigenvalue weighted by molar-refractivity contribution is -0.225. The molecule has 3 aromatic heterocycles. The van der Waals surface area contributed by atoms with Crippen LogP contribution in [0.4, 0.5) is 34.1 Å². The highest BCUT2D eigenvalue weighted by Gasteiger charge is 2.47. The van der Waals surface area contributed by atoms with Crippen LogP contribution in [0, 0.1) is 0 Å². The number of carbonyl (C=O) groups excluding carboxylic acids is 3. The summed E-state index contributed by atoms with van der Waals surface area (Å²) in [6, 6.07) is 48.4. The van der Waals surface area contributed by atoms with E-state index in [-0.39, 0.29) is 28.7 Å². The number of hydrogen-bond donors (Lipinski definition) is 6. The Kier molecular flexibility index (Phi) is 14.6. The van der Waals surface area contributed by atoms with Gasteiger partial charge in [0.1, 0.15) is 5.75 Å². The molecule has 1 unspecified atom stereocenters. The van der Waals surface area contributed by atoms with Crippen molar-refractivity contribution in [1.82, 2.24) is 40.3 Å². The summed E-state index contributed by atoms with van der Waals surface area (Å²) >= 11 is 0. The van der Waals surface area contributed by atoms with Crippen molar-refractivity contribution in [3.8, 4) is 5.75 Å². The van der Waals surface area contributed by atoms with Crippen molar-refractivity contribution in [1.29, 1.82) is 0 Å². The van der Waals surface area contributed by atoms with Crippen LogP contribution in [0.2, 0.25) is 0 Å². The Morgan fingerprint density at radius 3 is 1.87 bits per heavy atom. The molecule has 6 aromatic carbocycles. The molecule has 5 amide bonds. The molecule has 18 heteroatoms. The molecule has 84 heavy (non-hydrogen) atoms. The number of H-pyrrole nitrogens is 2. The molecular weight excluding hydrogens is 1070 g/mol. The van der Waals surface area contributed by atoms with E-state index in [0.717, 1.165) is 110 Å². The summed E-state index contributed by atoms with van der Waals surface area (Å²) in [6.45, 7) is 6.05. The van der Waals surface area contributed by atoms with E-state index in [2.05, 4.69) is 72.6 Å². The zero-order valence-electron chi connectivity index (χ0n) is 46.4. The summed E-state index contributed by atoms with van der Waals surface area (Å²) in [4.78, 5) is 55.4. The third kappa shape index (κ3) is 10.8. The van der Waals surface area contributed by atoms with Gasteiger partial charge < -0.3 is 55.4 Å². The summed E-state index contributed by atoms with van der Waals surface area (Å²) in [7, 11) is 0. The van der Waals surface area contributed by atoms with Gasteiger partial charge in [-0.05, 0) is 104 Å². The van der Waals surface area contributed by atoms with E-state index in [1.165, 1.54) is 45.2 Å². The third-order valence-corrected chi connectivity index (χ3v) is 17.6. The van der Waals surface area contributed by atoms with E-state index in [9.17, 15) is 27.6 Å². The molecule has 6 aliphatic rings. The molecule has 0 bridgehead atoms. The zero-order valence-corrected chi connectivity index (χ0v) is 46.4. The second kappa shape index (κ2) is 22.5. The minimum Gasteiger partial charge on any atom is -0.462 e. The Morgan fingerprint density at radius 1 is 0.571 bits per heavy atom. The second-order valence-corrected chi connectivity index (χ2v) is 22.6. The molecule has 1 atom stereocenters. The van der Waals surface area contributed by atoms with E-state index in [4.69, 9.17) is 9.47 Å². The number of likely N-dealkylation sites (tertiary alicyclic amines) is 3. The van der Waals surface area contributed by atoms with Crippen LogP contribution in [0.25, 0.3) is 32.7 Å². The molecule has 9 aromatic rings. The summed E-state index contributed by atoms with van der Waals surface area (Å²) in [5, 5.41) is 16.5. The maximum atomic E-state index is 12.9. The van der Waals surface area contributed by atoms with Gasteiger partial charge in [-0.25, -0.2) is 9.59 Å². The Hall–Kier alpha value is -8.71. The molecular formula is C66H65F3N10O5. The maximum absolute atomic E-state index is 12.9. The molecule has 430 valence electrons. The maximum Gasteiger partial charge on any atom is 0.416 e. The number of para-hydroxylation sites is 5. The van der Waals surface area contributed by atoms with Crippen LogP contribution in [0.3, 0.4) is 0 Å². The van der Waals surface area contributed by atoms with Crippen LogP contribution >= 0.6 is 0 Å². The fraction of sp³-hybridized carbons (Fsp3) is 0.303. The molecule has 3 fully saturated rings. The molecule has 3 saturated heterocycles. The fourth-order valence-corrected chi connectivity index (χ4v) is 13.1. The van der Waals surface area contributed by atoms with Crippen molar-refractivity contribution < 1.29 is 37.0 Å². The first-order valence-corrected chi connectivity index (χ1v) is 28.9. The van der Waals surface area contributed by atoms with E-state index in [0.29, 0.717) is 51.2 Å². The number of amides is 5. The van der Waals surface area contributed by atoms with Crippen LogP contribution in [0.15, 0.2) is 164 Å². The lowest BCUT2D eigenvalue weighted by atomic mass is 9.79. The lowest BCUT2D eigenvalue weighted by Gasteiger charge is -2.44. The number of alkyl halides is 3. The third-order valence-electron chi connectivity index (χ3n) is 17.6. The van der Waals surface area contributed by atoms with E-state index in [1.807, 2.05) is 107 Å². The number of aromatic amines is 2. The smallest absolute Gasteiger partial charge is 0.416 e. The van der Waals surface area contributed by atoms with Gasteiger partial charge in [0.15, 0.2) is 0 Å². The first-order valence-electron chi connectivity index (χ1n) is 28.9. The average Bonchev–Trinajstić information content (AvgIpc) is 2.13. The predicted molar refractivity (Wildman–Crippen MR) is 318 cm³/mol. The van der Waals surface area contributed by atoms with Gasteiger partial charge in [-0.3, -0.25) is 9.78 Å². The Bertz CT molecular complexity index is 3910. The number of aromatic nitrogens is 3. The van der Waals surface area contributed by atoms with Gasteiger partial charge in [-0.15, -0.1) is 0 Å². The topological polar surface area (TPSA) is 172 Å².